The summed E-state index contributed by atoms with van der Waals surface area (Å²) in [6.45, 7) is 2.02. The highest BCUT2D eigenvalue weighted by molar-refractivity contribution is 5.71. The summed E-state index contributed by atoms with van der Waals surface area (Å²) < 4.78 is 1.54. The van der Waals surface area contributed by atoms with Crippen LogP contribution < -0.4 is 0 Å². The highest BCUT2D eigenvalue weighted by atomic mass is 16.3. The molecule has 0 spiro atoms. The Morgan fingerprint density at radius 3 is 2.32 bits per heavy atom. The van der Waals surface area contributed by atoms with E-state index in [0.29, 0.717) is 0 Å². The van der Waals surface area contributed by atoms with Gasteiger partial charge >= 0.3 is 0 Å². The van der Waals surface area contributed by atoms with Crippen molar-refractivity contribution in [3.8, 4) is 22.7 Å². The molecule has 0 aliphatic heterocycles. The van der Waals surface area contributed by atoms with E-state index < -0.39 is 0 Å². The topological polar surface area (TPSA) is 38.0 Å². The lowest BCUT2D eigenvalue weighted by molar-refractivity contribution is 0.435. The van der Waals surface area contributed by atoms with E-state index >= 15 is 0 Å². The van der Waals surface area contributed by atoms with Gasteiger partial charge in [-0.05, 0) is 30.2 Å². The molecule has 3 nitrogen and oxygen atoms in total. The number of rotatable bonds is 2. The van der Waals surface area contributed by atoms with Crippen LogP contribution in [0.15, 0.2) is 60.8 Å². The first-order valence-corrected chi connectivity index (χ1v) is 6.16. The van der Waals surface area contributed by atoms with Crippen LogP contribution >= 0.6 is 0 Å². The Labute approximate surface area is 111 Å². The number of benzene rings is 2. The first kappa shape index (κ1) is 11.5. The van der Waals surface area contributed by atoms with Crippen molar-refractivity contribution in [3.63, 3.8) is 0 Å². The summed E-state index contributed by atoms with van der Waals surface area (Å²) in [6.07, 6.45) is 1.70. The molecule has 0 atom stereocenters. The molecule has 0 aliphatic rings. The maximum atomic E-state index is 10.4. The first-order valence-electron chi connectivity index (χ1n) is 6.16. The average Bonchev–Trinajstić information content (AvgIpc) is 2.82. The Balaban J connectivity index is 2.12. The molecule has 0 fully saturated rings. The molecular weight excluding hydrogens is 236 g/mol. The fraction of sp³-hybridized carbons (Fsp3) is 0.0625. The Hall–Kier alpha value is -2.55. The van der Waals surface area contributed by atoms with Gasteiger partial charge in [0.2, 0.25) is 5.88 Å². The van der Waals surface area contributed by atoms with Crippen molar-refractivity contribution in [2.75, 3.05) is 0 Å². The Kier molecular flexibility index (Phi) is 2.80. The lowest BCUT2D eigenvalue weighted by atomic mass is 10.0. The van der Waals surface area contributed by atoms with Gasteiger partial charge < -0.3 is 5.11 Å². The third-order valence-corrected chi connectivity index (χ3v) is 3.18. The number of hydrogen-bond donors (Lipinski definition) is 1. The van der Waals surface area contributed by atoms with E-state index in [2.05, 4.69) is 5.10 Å². The van der Waals surface area contributed by atoms with E-state index in [1.807, 2.05) is 61.5 Å². The van der Waals surface area contributed by atoms with Crippen LogP contribution in [0.2, 0.25) is 0 Å². The zero-order valence-corrected chi connectivity index (χ0v) is 10.6. The fourth-order valence-electron chi connectivity index (χ4n) is 2.17. The second-order valence-electron chi connectivity index (χ2n) is 4.44. The van der Waals surface area contributed by atoms with Crippen molar-refractivity contribution < 1.29 is 5.11 Å². The summed E-state index contributed by atoms with van der Waals surface area (Å²) in [5, 5.41) is 14.6. The Morgan fingerprint density at radius 1 is 0.895 bits per heavy atom. The smallest absolute Gasteiger partial charge is 0.222 e. The first-order chi connectivity index (χ1) is 9.27. The molecule has 2 aromatic carbocycles. The maximum Gasteiger partial charge on any atom is 0.222 e. The van der Waals surface area contributed by atoms with Crippen LogP contribution in [0.1, 0.15) is 5.56 Å². The molecule has 94 valence electrons. The minimum absolute atomic E-state index is 0.167. The van der Waals surface area contributed by atoms with Crippen LogP contribution in [0.3, 0.4) is 0 Å². The fourth-order valence-corrected chi connectivity index (χ4v) is 2.17. The molecule has 0 saturated heterocycles. The Morgan fingerprint density at radius 2 is 1.58 bits per heavy atom. The molecule has 0 aliphatic carbocycles. The van der Waals surface area contributed by atoms with E-state index in [4.69, 9.17) is 0 Å². The molecule has 0 radical (unpaired) electrons. The van der Waals surface area contributed by atoms with E-state index in [0.717, 1.165) is 22.4 Å². The van der Waals surface area contributed by atoms with Crippen molar-refractivity contribution in [3.05, 3.63) is 66.4 Å². The van der Waals surface area contributed by atoms with Crippen molar-refractivity contribution in [1.29, 1.82) is 0 Å². The molecule has 3 rings (SSSR count). The molecule has 3 aromatic rings. The van der Waals surface area contributed by atoms with E-state index in [1.54, 1.807) is 10.9 Å². The largest absolute Gasteiger partial charge is 0.493 e. The van der Waals surface area contributed by atoms with Crippen molar-refractivity contribution in [2.24, 2.45) is 0 Å². The molecule has 0 bridgehead atoms. The molecule has 0 amide bonds. The van der Waals surface area contributed by atoms with Gasteiger partial charge in [0.05, 0.1) is 17.4 Å². The summed E-state index contributed by atoms with van der Waals surface area (Å²) in [5.41, 5.74) is 3.72. The van der Waals surface area contributed by atoms with Gasteiger partial charge in [0, 0.05) is 0 Å². The zero-order valence-electron chi connectivity index (χ0n) is 10.6. The number of aromatic hydroxyl groups is 1. The maximum absolute atomic E-state index is 10.4. The third-order valence-electron chi connectivity index (χ3n) is 3.18. The summed E-state index contributed by atoms with van der Waals surface area (Å²) in [5.74, 6) is 0.167. The average molecular weight is 250 g/mol. The molecule has 3 heteroatoms. The summed E-state index contributed by atoms with van der Waals surface area (Å²) >= 11 is 0. The molecule has 1 aromatic heterocycles. The number of hydrogen-bond acceptors (Lipinski definition) is 2. The minimum atomic E-state index is 0.167. The highest BCUT2D eigenvalue weighted by Crippen LogP contribution is 2.32. The van der Waals surface area contributed by atoms with Gasteiger partial charge in [0.25, 0.3) is 0 Å². The summed E-state index contributed by atoms with van der Waals surface area (Å²) in [6, 6.07) is 17.6. The highest BCUT2D eigenvalue weighted by Gasteiger charge is 2.13. The van der Waals surface area contributed by atoms with Crippen LogP contribution in [0.5, 0.6) is 5.88 Å². The number of para-hydroxylation sites is 1. The van der Waals surface area contributed by atoms with Gasteiger partial charge in [0.1, 0.15) is 0 Å². The zero-order chi connectivity index (χ0) is 13.2. The van der Waals surface area contributed by atoms with E-state index in [-0.39, 0.29) is 5.88 Å². The van der Waals surface area contributed by atoms with E-state index in [9.17, 15) is 5.11 Å². The SMILES string of the molecule is Cc1ccccc1-c1cnn(-c2ccccc2)c1O. The van der Waals surface area contributed by atoms with Crippen molar-refractivity contribution in [1.82, 2.24) is 9.78 Å². The Bertz CT molecular complexity index is 702. The number of aryl methyl sites for hydroxylation is 1. The van der Waals surface area contributed by atoms with Gasteiger partial charge in [0.15, 0.2) is 0 Å². The normalized spacial score (nSPS) is 10.6. The van der Waals surface area contributed by atoms with Crippen LogP contribution in [0.4, 0.5) is 0 Å². The quantitative estimate of drug-likeness (QED) is 0.755. The summed E-state index contributed by atoms with van der Waals surface area (Å²) in [7, 11) is 0. The lowest BCUT2D eigenvalue weighted by Crippen LogP contribution is -1.94. The van der Waals surface area contributed by atoms with Gasteiger partial charge in [-0.25, -0.2) is 4.68 Å². The van der Waals surface area contributed by atoms with Crippen LogP contribution in [0.25, 0.3) is 16.8 Å². The monoisotopic (exact) mass is 250 g/mol. The number of aromatic nitrogens is 2. The van der Waals surface area contributed by atoms with Crippen molar-refractivity contribution in [2.45, 2.75) is 6.92 Å². The number of nitrogens with zero attached hydrogens (tertiary/aromatic N) is 2. The molecule has 1 heterocycles. The molecule has 19 heavy (non-hydrogen) atoms. The van der Waals surface area contributed by atoms with Gasteiger partial charge in [-0.1, -0.05) is 42.5 Å². The molecular formula is C16H14N2O. The van der Waals surface area contributed by atoms with Gasteiger partial charge in [-0.15, -0.1) is 0 Å². The second kappa shape index (κ2) is 4.61. The van der Waals surface area contributed by atoms with Gasteiger partial charge in [-0.2, -0.15) is 5.10 Å². The predicted octanol–water partition coefficient (Wildman–Crippen LogP) is 3.55. The standard InChI is InChI=1S/C16H14N2O/c1-12-7-5-6-10-14(12)15-11-17-18(16(15)19)13-8-3-2-4-9-13/h2-11,19H,1H3. The van der Waals surface area contributed by atoms with Crippen LogP contribution in [-0.2, 0) is 0 Å². The van der Waals surface area contributed by atoms with Gasteiger partial charge in [-0.3, -0.25) is 0 Å². The predicted molar refractivity (Wildman–Crippen MR) is 75.4 cm³/mol. The lowest BCUT2D eigenvalue weighted by Gasteiger charge is -2.05. The molecule has 0 unspecified atom stereocenters. The second-order valence-corrected chi connectivity index (χ2v) is 4.44. The minimum Gasteiger partial charge on any atom is -0.493 e. The van der Waals surface area contributed by atoms with Crippen molar-refractivity contribution >= 4 is 0 Å². The third kappa shape index (κ3) is 1.99. The molecule has 0 saturated carbocycles. The van der Waals surface area contributed by atoms with Crippen LogP contribution in [0, 0.1) is 6.92 Å². The molecule has 1 N–H and O–H groups in total. The van der Waals surface area contributed by atoms with Crippen LogP contribution in [-0.4, -0.2) is 14.9 Å². The van der Waals surface area contributed by atoms with E-state index in [1.165, 1.54) is 0 Å². The summed E-state index contributed by atoms with van der Waals surface area (Å²) in [4.78, 5) is 0.